The third-order valence-corrected chi connectivity index (χ3v) is 4.37. The number of carbonyl (C=O) groups is 3. The molecule has 26 heavy (non-hydrogen) atoms. The van der Waals surface area contributed by atoms with Crippen LogP contribution in [0.15, 0.2) is 20.3 Å². The Morgan fingerprint density at radius 2 is 1.81 bits per heavy atom. The van der Waals surface area contributed by atoms with Crippen molar-refractivity contribution in [3.05, 3.63) is 31.5 Å². The zero-order chi connectivity index (χ0) is 19.2. The van der Waals surface area contributed by atoms with E-state index in [0.717, 1.165) is 24.6 Å². The van der Waals surface area contributed by atoms with Crippen LogP contribution in [0.2, 0.25) is 0 Å². The number of esters is 3. The minimum absolute atomic E-state index is 0.0351. The van der Waals surface area contributed by atoms with Gasteiger partial charge in [-0.25, -0.2) is 9.59 Å². The SMILES string of the molecule is CC(=O)O[C@@H]1[C@@H]2OC(=O)[C@@H](OC(C)=O)[C@@H]2O[C@@H]1n1cc(Br)c(=O)[nH]c1=O. The smallest absolute Gasteiger partial charge is 0.350 e. The number of halogens is 1. The molecule has 0 radical (unpaired) electrons. The Labute approximate surface area is 153 Å². The van der Waals surface area contributed by atoms with Crippen molar-refractivity contribution >= 4 is 33.8 Å². The molecule has 1 N–H and O–H groups in total. The summed E-state index contributed by atoms with van der Waals surface area (Å²) >= 11 is 2.99. The van der Waals surface area contributed by atoms with Crippen LogP contribution in [0.25, 0.3) is 0 Å². The predicted molar refractivity (Wildman–Crippen MR) is 83.9 cm³/mol. The molecule has 0 saturated carbocycles. The molecule has 3 heterocycles. The standard InChI is InChI=1S/C14H13BrN2O9/c1-4(18)23-9-7-8(10(13(21)26-7)24-5(2)19)25-12(9)17-3-6(15)11(20)16-14(17)22/h3,7-10,12H,1-2H3,(H,16,20,22)/t7-,8-,9-,10+,12+/m1/s1. The van der Waals surface area contributed by atoms with E-state index in [1.165, 1.54) is 0 Å². The summed E-state index contributed by atoms with van der Waals surface area (Å²) in [5.74, 6) is -2.28. The third-order valence-electron chi connectivity index (χ3n) is 3.80. The molecule has 2 aliphatic rings. The summed E-state index contributed by atoms with van der Waals surface area (Å²) in [5, 5.41) is 0. The lowest BCUT2D eigenvalue weighted by Crippen LogP contribution is -2.40. The fourth-order valence-electron chi connectivity index (χ4n) is 2.86. The minimum atomic E-state index is -1.36. The summed E-state index contributed by atoms with van der Waals surface area (Å²) < 4.78 is 21.9. The van der Waals surface area contributed by atoms with Crippen LogP contribution in [-0.4, -0.2) is 51.9 Å². The van der Waals surface area contributed by atoms with Crippen molar-refractivity contribution in [2.24, 2.45) is 0 Å². The molecule has 11 nitrogen and oxygen atoms in total. The molecule has 1 aromatic rings. The molecule has 3 rings (SSSR count). The maximum absolute atomic E-state index is 12.1. The molecule has 0 unspecified atom stereocenters. The highest BCUT2D eigenvalue weighted by molar-refractivity contribution is 9.10. The first-order valence-electron chi connectivity index (χ1n) is 7.40. The topological polar surface area (TPSA) is 143 Å². The number of nitrogens with zero attached hydrogens (tertiary/aromatic N) is 1. The summed E-state index contributed by atoms with van der Waals surface area (Å²) in [6.45, 7) is 2.25. The van der Waals surface area contributed by atoms with Gasteiger partial charge in [0.25, 0.3) is 5.56 Å². The normalized spacial score (nSPS) is 29.8. The molecule has 140 valence electrons. The molecule has 0 bridgehead atoms. The molecule has 0 aromatic carbocycles. The Balaban J connectivity index is 2.01. The van der Waals surface area contributed by atoms with Crippen LogP contribution >= 0.6 is 15.9 Å². The zero-order valence-corrected chi connectivity index (χ0v) is 15.0. The van der Waals surface area contributed by atoms with Gasteiger partial charge in [-0.2, -0.15) is 0 Å². The van der Waals surface area contributed by atoms with Gasteiger partial charge in [0.05, 0.1) is 4.47 Å². The molecule has 2 fully saturated rings. The second-order valence-electron chi connectivity index (χ2n) is 5.64. The van der Waals surface area contributed by atoms with Gasteiger partial charge in [0.2, 0.25) is 6.10 Å². The van der Waals surface area contributed by atoms with Crippen LogP contribution in [0, 0.1) is 0 Å². The Hall–Kier alpha value is -2.47. The number of hydrogen-bond donors (Lipinski definition) is 1. The van der Waals surface area contributed by atoms with Gasteiger partial charge in [-0.3, -0.25) is 23.9 Å². The van der Waals surface area contributed by atoms with E-state index in [-0.39, 0.29) is 4.47 Å². The Kier molecular flexibility index (Phi) is 4.71. The van der Waals surface area contributed by atoms with Crippen LogP contribution in [0.1, 0.15) is 20.1 Å². The van der Waals surface area contributed by atoms with Gasteiger partial charge in [-0.15, -0.1) is 0 Å². The van der Waals surface area contributed by atoms with Crippen molar-refractivity contribution < 1.29 is 33.3 Å². The van der Waals surface area contributed by atoms with E-state index in [1.54, 1.807) is 0 Å². The van der Waals surface area contributed by atoms with E-state index in [9.17, 15) is 24.0 Å². The maximum atomic E-state index is 12.1. The average Bonchev–Trinajstić information content (AvgIpc) is 3.00. The molecule has 2 saturated heterocycles. The number of fused-ring (bicyclic) bond motifs is 1. The van der Waals surface area contributed by atoms with E-state index in [0.29, 0.717) is 0 Å². The highest BCUT2D eigenvalue weighted by Crippen LogP contribution is 2.39. The van der Waals surface area contributed by atoms with Gasteiger partial charge in [0.15, 0.2) is 18.4 Å². The maximum Gasteiger partial charge on any atom is 0.350 e. The van der Waals surface area contributed by atoms with Gasteiger partial charge < -0.3 is 18.9 Å². The fourth-order valence-corrected chi connectivity index (χ4v) is 3.18. The third kappa shape index (κ3) is 3.17. The second-order valence-corrected chi connectivity index (χ2v) is 6.49. The molecule has 1 aromatic heterocycles. The van der Waals surface area contributed by atoms with Crippen molar-refractivity contribution in [3.8, 4) is 0 Å². The molecular weight excluding hydrogens is 420 g/mol. The second kappa shape index (κ2) is 6.68. The van der Waals surface area contributed by atoms with Crippen LogP contribution in [-0.2, 0) is 33.3 Å². The summed E-state index contributed by atoms with van der Waals surface area (Å²) in [6.07, 6.45) is -4.76. The Bertz CT molecular complexity index is 891. The number of hydrogen-bond acceptors (Lipinski definition) is 9. The lowest BCUT2D eigenvalue weighted by atomic mass is 10.1. The molecule has 0 spiro atoms. The Morgan fingerprint density at radius 3 is 2.42 bits per heavy atom. The number of nitrogens with one attached hydrogen (secondary N) is 1. The van der Waals surface area contributed by atoms with E-state index in [1.807, 2.05) is 0 Å². The summed E-state index contributed by atoms with van der Waals surface area (Å²) in [4.78, 5) is 60.3. The summed E-state index contributed by atoms with van der Waals surface area (Å²) in [7, 11) is 0. The summed E-state index contributed by atoms with van der Waals surface area (Å²) in [5.41, 5.74) is -1.48. The largest absolute Gasteiger partial charge is 0.454 e. The number of aromatic nitrogens is 2. The number of H-pyrrole nitrogens is 1. The van der Waals surface area contributed by atoms with Gasteiger partial charge in [-0.05, 0) is 15.9 Å². The Morgan fingerprint density at radius 1 is 1.15 bits per heavy atom. The molecule has 2 aliphatic heterocycles. The highest BCUT2D eigenvalue weighted by Gasteiger charge is 2.61. The van der Waals surface area contributed by atoms with E-state index >= 15 is 0 Å². The minimum Gasteiger partial charge on any atom is -0.454 e. The van der Waals surface area contributed by atoms with Crippen molar-refractivity contribution in [2.75, 3.05) is 0 Å². The van der Waals surface area contributed by atoms with Gasteiger partial charge in [0, 0.05) is 20.0 Å². The first-order chi connectivity index (χ1) is 12.2. The first kappa shape index (κ1) is 18.3. The van der Waals surface area contributed by atoms with Crippen LogP contribution in [0.4, 0.5) is 0 Å². The van der Waals surface area contributed by atoms with Gasteiger partial charge in [0.1, 0.15) is 6.10 Å². The number of ether oxygens (including phenoxy) is 4. The van der Waals surface area contributed by atoms with Crippen molar-refractivity contribution in [2.45, 2.75) is 44.5 Å². The monoisotopic (exact) mass is 432 g/mol. The van der Waals surface area contributed by atoms with Crippen LogP contribution < -0.4 is 11.2 Å². The fraction of sp³-hybridized carbons (Fsp3) is 0.500. The zero-order valence-electron chi connectivity index (χ0n) is 13.5. The molecule has 0 amide bonds. The predicted octanol–water partition coefficient (Wildman–Crippen LogP) is -1.01. The van der Waals surface area contributed by atoms with Crippen molar-refractivity contribution in [3.63, 3.8) is 0 Å². The first-order valence-corrected chi connectivity index (χ1v) is 8.19. The lowest BCUT2D eigenvalue weighted by molar-refractivity contribution is -0.174. The van der Waals surface area contributed by atoms with E-state index < -0.39 is 59.8 Å². The molecular formula is C14H13BrN2O9. The van der Waals surface area contributed by atoms with Crippen molar-refractivity contribution in [1.29, 1.82) is 0 Å². The molecule has 0 aliphatic carbocycles. The van der Waals surface area contributed by atoms with E-state index in [2.05, 4.69) is 20.9 Å². The van der Waals surface area contributed by atoms with Crippen molar-refractivity contribution in [1.82, 2.24) is 9.55 Å². The lowest BCUT2D eigenvalue weighted by Gasteiger charge is -2.23. The summed E-state index contributed by atoms with van der Waals surface area (Å²) in [6, 6.07) is 0. The van der Waals surface area contributed by atoms with Gasteiger partial charge >= 0.3 is 23.6 Å². The van der Waals surface area contributed by atoms with Crippen LogP contribution in [0.3, 0.4) is 0 Å². The molecule has 12 heteroatoms. The highest BCUT2D eigenvalue weighted by atomic mass is 79.9. The number of rotatable bonds is 3. The molecule has 5 atom stereocenters. The van der Waals surface area contributed by atoms with Gasteiger partial charge in [-0.1, -0.05) is 0 Å². The van der Waals surface area contributed by atoms with E-state index in [4.69, 9.17) is 18.9 Å². The number of carbonyl (C=O) groups excluding carboxylic acids is 3. The van der Waals surface area contributed by atoms with Crippen LogP contribution in [0.5, 0.6) is 0 Å². The quantitative estimate of drug-likeness (QED) is 0.468. The average molecular weight is 433 g/mol. The number of aromatic amines is 1.